The minimum Gasteiger partial charge on any atom is -0.438 e. The standard InChI is InChI=1S/C22H22N2O2/c1-3-11-24(12-4-2)16-10-9-15-13-19-17-7-5-6-8-18(17)21(25)23-22(19)26-20(15)14-16/h5-10,13-14H,3-4,11-12H2,1-2H3. The van der Waals surface area contributed by atoms with E-state index in [1.165, 1.54) is 0 Å². The van der Waals surface area contributed by atoms with Crippen molar-refractivity contribution in [3.8, 4) is 11.5 Å². The highest BCUT2D eigenvalue weighted by atomic mass is 16.3. The molecule has 0 radical (unpaired) electrons. The molecule has 0 saturated heterocycles. The first kappa shape index (κ1) is 16.6. The molecule has 0 amide bonds. The van der Waals surface area contributed by atoms with Gasteiger partial charge in [-0.05, 0) is 42.5 Å². The molecule has 26 heavy (non-hydrogen) atoms. The van der Waals surface area contributed by atoms with E-state index >= 15 is 0 Å². The van der Waals surface area contributed by atoms with E-state index in [0.29, 0.717) is 11.3 Å². The summed E-state index contributed by atoms with van der Waals surface area (Å²) >= 11 is 0. The third kappa shape index (κ3) is 2.81. The fourth-order valence-corrected chi connectivity index (χ4v) is 3.55. The van der Waals surface area contributed by atoms with Gasteiger partial charge in [0.1, 0.15) is 5.58 Å². The lowest BCUT2D eigenvalue weighted by Gasteiger charge is -2.24. The lowest BCUT2D eigenvalue weighted by molar-refractivity contribution is 0.598. The Hall–Kier alpha value is -2.88. The maximum absolute atomic E-state index is 12.3. The maximum Gasteiger partial charge on any atom is 0.280 e. The molecule has 0 bridgehead atoms. The van der Waals surface area contributed by atoms with Crippen LogP contribution in [0.1, 0.15) is 26.7 Å². The number of hydrogen-bond donors (Lipinski definition) is 0. The van der Waals surface area contributed by atoms with E-state index in [-0.39, 0.29) is 5.56 Å². The molecule has 2 aromatic carbocycles. The molecule has 0 unspecified atom stereocenters. The molecule has 0 atom stereocenters. The number of anilines is 1. The Morgan fingerprint density at radius 1 is 0.962 bits per heavy atom. The second-order valence-corrected chi connectivity index (χ2v) is 6.64. The predicted octanol–water partition coefficient (Wildman–Crippen LogP) is 5.07. The molecule has 0 aliphatic carbocycles. The van der Waals surface area contributed by atoms with Gasteiger partial charge in [-0.15, -0.1) is 0 Å². The lowest BCUT2D eigenvalue weighted by atomic mass is 10.0. The average molecular weight is 346 g/mol. The Labute approximate surface area is 152 Å². The molecule has 0 fully saturated rings. The van der Waals surface area contributed by atoms with Crippen molar-refractivity contribution >= 4 is 27.4 Å². The highest BCUT2D eigenvalue weighted by Crippen LogP contribution is 2.33. The highest BCUT2D eigenvalue weighted by molar-refractivity contribution is 5.98. The minimum absolute atomic E-state index is 0.244. The number of aromatic nitrogens is 1. The van der Waals surface area contributed by atoms with Crippen LogP contribution in [-0.2, 0) is 0 Å². The van der Waals surface area contributed by atoms with Gasteiger partial charge in [0.25, 0.3) is 5.56 Å². The van der Waals surface area contributed by atoms with Crippen molar-refractivity contribution in [1.29, 1.82) is 0 Å². The van der Waals surface area contributed by atoms with Crippen molar-refractivity contribution in [2.24, 2.45) is 0 Å². The Morgan fingerprint density at radius 3 is 2.42 bits per heavy atom. The number of fused-ring (bicyclic) bond motifs is 4. The summed E-state index contributed by atoms with van der Waals surface area (Å²) in [6.07, 6.45) is 2.19. The van der Waals surface area contributed by atoms with Crippen molar-refractivity contribution < 1.29 is 4.42 Å². The molecular weight excluding hydrogens is 324 g/mol. The molecule has 2 aliphatic rings. The van der Waals surface area contributed by atoms with Crippen LogP contribution >= 0.6 is 0 Å². The van der Waals surface area contributed by atoms with Gasteiger partial charge >= 0.3 is 0 Å². The average Bonchev–Trinajstić information content (AvgIpc) is 2.66. The zero-order chi connectivity index (χ0) is 18.1. The van der Waals surface area contributed by atoms with E-state index < -0.39 is 0 Å². The summed E-state index contributed by atoms with van der Waals surface area (Å²) < 4.78 is 6.04. The second-order valence-electron chi connectivity index (χ2n) is 6.64. The first-order valence-corrected chi connectivity index (χ1v) is 9.22. The number of pyridine rings is 1. The Bertz CT molecular complexity index is 1090. The fraction of sp³-hybridized carbons (Fsp3) is 0.273. The van der Waals surface area contributed by atoms with Crippen LogP contribution in [-0.4, -0.2) is 18.1 Å². The maximum atomic E-state index is 12.3. The zero-order valence-corrected chi connectivity index (χ0v) is 15.2. The molecule has 4 heteroatoms. The molecule has 2 heterocycles. The largest absolute Gasteiger partial charge is 0.438 e. The topological polar surface area (TPSA) is 46.3 Å². The summed E-state index contributed by atoms with van der Waals surface area (Å²) in [6.45, 7) is 6.40. The number of benzene rings is 2. The predicted molar refractivity (Wildman–Crippen MR) is 107 cm³/mol. The third-order valence-electron chi connectivity index (χ3n) is 4.74. The first-order chi connectivity index (χ1) is 12.7. The summed E-state index contributed by atoms with van der Waals surface area (Å²) in [7, 11) is 0. The molecule has 4 rings (SSSR count). The summed E-state index contributed by atoms with van der Waals surface area (Å²) in [6, 6.07) is 15.9. The van der Waals surface area contributed by atoms with Gasteiger partial charge in [-0.2, -0.15) is 4.98 Å². The third-order valence-corrected chi connectivity index (χ3v) is 4.74. The molecule has 0 aromatic heterocycles. The Morgan fingerprint density at radius 2 is 1.69 bits per heavy atom. The molecule has 0 N–H and O–H groups in total. The van der Waals surface area contributed by atoms with E-state index in [0.717, 1.165) is 53.5 Å². The van der Waals surface area contributed by atoms with Crippen molar-refractivity contribution in [2.75, 3.05) is 18.0 Å². The van der Waals surface area contributed by atoms with Gasteiger partial charge in [-0.3, -0.25) is 4.79 Å². The van der Waals surface area contributed by atoms with Crippen LogP contribution in [0.15, 0.2) is 57.7 Å². The van der Waals surface area contributed by atoms with Crippen LogP contribution in [0.2, 0.25) is 0 Å². The first-order valence-electron chi connectivity index (χ1n) is 9.22. The molecule has 132 valence electrons. The van der Waals surface area contributed by atoms with Crippen LogP contribution < -0.4 is 10.5 Å². The van der Waals surface area contributed by atoms with Crippen LogP contribution in [0.3, 0.4) is 0 Å². The van der Waals surface area contributed by atoms with Crippen LogP contribution in [0.25, 0.3) is 33.2 Å². The molecule has 4 nitrogen and oxygen atoms in total. The van der Waals surface area contributed by atoms with E-state index in [1.807, 2.05) is 24.3 Å². The Balaban J connectivity index is 1.92. The number of rotatable bonds is 5. The van der Waals surface area contributed by atoms with E-state index in [1.54, 1.807) is 0 Å². The van der Waals surface area contributed by atoms with Gasteiger partial charge in [-0.25, -0.2) is 0 Å². The summed E-state index contributed by atoms with van der Waals surface area (Å²) in [5, 5.41) is 2.53. The minimum atomic E-state index is -0.244. The molecule has 0 spiro atoms. The quantitative estimate of drug-likeness (QED) is 0.374. The molecular formula is C22H22N2O2. The number of nitrogens with zero attached hydrogens (tertiary/aromatic N) is 2. The zero-order valence-electron chi connectivity index (χ0n) is 15.2. The molecule has 2 aromatic rings. The monoisotopic (exact) mass is 346 g/mol. The lowest BCUT2D eigenvalue weighted by Crippen LogP contribution is -2.24. The van der Waals surface area contributed by atoms with Gasteiger partial charge in [0.05, 0.1) is 0 Å². The van der Waals surface area contributed by atoms with Crippen molar-refractivity contribution in [3.05, 3.63) is 58.9 Å². The van der Waals surface area contributed by atoms with Crippen molar-refractivity contribution in [2.45, 2.75) is 26.7 Å². The Kier molecular flexibility index (Phi) is 4.33. The SMILES string of the molecule is CCCN(CCC)c1ccc2cc3c4ccccc4c(=O)nc-3oc2c1. The molecule has 2 aliphatic heterocycles. The fourth-order valence-electron chi connectivity index (χ4n) is 3.55. The summed E-state index contributed by atoms with van der Waals surface area (Å²) in [5.74, 6) is 0.399. The van der Waals surface area contributed by atoms with Gasteiger partial charge < -0.3 is 9.32 Å². The van der Waals surface area contributed by atoms with Crippen LogP contribution in [0, 0.1) is 0 Å². The van der Waals surface area contributed by atoms with Gasteiger partial charge in [-0.1, -0.05) is 32.0 Å². The van der Waals surface area contributed by atoms with Gasteiger partial charge in [0.2, 0.25) is 5.89 Å². The van der Waals surface area contributed by atoms with Crippen molar-refractivity contribution in [3.63, 3.8) is 0 Å². The second kappa shape index (κ2) is 6.79. The summed E-state index contributed by atoms with van der Waals surface area (Å²) in [4.78, 5) is 18.8. The van der Waals surface area contributed by atoms with Crippen LogP contribution in [0.4, 0.5) is 5.69 Å². The van der Waals surface area contributed by atoms with E-state index in [9.17, 15) is 4.79 Å². The van der Waals surface area contributed by atoms with E-state index in [2.05, 4.69) is 48.0 Å². The van der Waals surface area contributed by atoms with Crippen LogP contribution in [0.5, 0.6) is 0 Å². The van der Waals surface area contributed by atoms with Gasteiger partial charge in [0, 0.05) is 41.2 Å². The highest BCUT2D eigenvalue weighted by Gasteiger charge is 2.16. The van der Waals surface area contributed by atoms with Crippen molar-refractivity contribution in [1.82, 2.24) is 4.98 Å². The number of hydrogen-bond acceptors (Lipinski definition) is 4. The normalized spacial score (nSPS) is 11.5. The van der Waals surface area contributed by atoms with Gasteiger partial charge in [0.15, 0.2) is 0 Å². The van der Waals surface area contributed by atoms with E-state index in [4.69, 9.17) is 4.42 Å². The summed E-state index contributed by atoms with van der Waals surface area (Å²) in [5.41, 5.74) is 2.53. The molecule has 0 saturated carbocycles. The smallest absolute Gasteiger partial charge is 0.280 e.